The molecule has 13 heavy (non-hydrogen) atoms. The van der Waals surface area contributed by atoms with Crippen molar-refractivity contribution in [1.82, 2.24) is 4.90 Å². The second kappa shape index (κ2) is 6.63. The summed E-state index contributed by atoms with van der Waals surface area (Å²) >= 11 is 0. The number of carbonyl (C=O) groups is 2. The van der Waals surface area contributed by atoms with Gasteiger partial charge >= 0.3 is 0 Å². The molecule has 0 N–H and O–H groups in total. The number of nitrogens with zero attached hydrogens (tertiary/aromatic N) is 1. The zero-order chi connectivity index (χ0) is 10.3. The molecule has 0 aromatic rings. The number of rotatable bonds is 2. The third-order valence-electron chi connectivity index (χ3n) is 2.25. The summed E-state index contributed by atoms with van der Waals surface area (Å²) in [4.78, 5) is 22.9. The van der Waals surface area contributed by atoms with Gasteiger partial charge in [-0.2, -0.15) is 0 Å². The molecule has 3 nitrogen and oxygen atoms in total. The predicted molar refractivity (Wildman–Crippen MR) is 52.4 cm³/mol. The van der Waals surface area contributed by atoms with E-state index in [9.17, 15) is 9.59 Å². The molecule has 1 saturated heterocycles. The second-order valence-corrected chi connectivity index (χ2v) is 3.03. The van der Waals surface area contributed by atoms with E-state index in [0.717, 1.165) is 32.3 Å². The Hall–Kier alpha value is -0.860. The zero-order valence-electron chi connectivity index (χ0n) is 8.75. The molecule has 0 aromatic heterocycles. The van der Waals surface area contributed by atoms with E-state index in [-0.39, 0.29) is 11.7 Å². The number of carbonyl (C=O) groups excluding carboxylic acids is 2. The highest BCUT2D eigenvalue weighted by Crippen LogP contribution is 2.16. The maximum atomic E-state index is 10.9. The molecule has 0 unspecified atom stereocenters. The molecule has 1 amide bonds. The van der Waals surface area contributed by atoms with Crippen LogP contribution in [0.1, 0.15) is 33.6 Å². The van der Waals surface area contributed by atoms with Gasteiger partial charge in [0.25, 0.3) is 0 Å². The fraction of sp³-hybridized carbons (Fsp3) is 0.800. The third-order valence-corrected chi connectivity index (χ3v) is 2.25. The average molecular weight is 185 g/mol. The summed E-state index contributed by atoms with van der Waals surface area (Å²) < 4.78 is 0. The molecule has 1 aliphatic heterocycles. The van der Waals surface area contributed by atoms with Gasteiger partial charge < -0.3 is 4.90 Å². The van der Waals surface area contributed by atoms with E-state index in [1.165, 1.54) is 0 Å². The van der Waals surface area contributed by atoms with Crippen molar-refractivity contribution in [1.29, 1.82) is 0 Å². The first kappa shape index (κ1) is 12.1. The number of Topliss-reactive ketones (excluding diaryl/α,β-unsaturated/α-hetero) is 1. The summed E-state index contributed by atoms with van der Waals surface area (Å²) in [6, 6.07) is 0. The number of likely N-dealkylation sites (tertiary alicyclic amines) is 1. The molecule has 1 rings (SSSR count). The molecule has 0 saturated carbocycles. The maximum Gasteiger partial charge on any atom is 0.209 e. The third kappa shape index (κ3) is 4.06. The minimum absolute atomic E-state index is 0.200. The fourth-order valence-electron chi connectivity index (χ4n) is 1.41. The topological polar surface area (TPSA) is 37.4 Å². The van der Waals surface area contributed by atoms with Crippen LogP contribution >= 0.6 is 0 Å². The Labute approximate surface area is 80.1 Å². The molecule has 1 heterocycles. The molecule has 1 fully saturated rings. The Kier molecular flexibility index (Phi) is 6.20. The SMILES string of the molecule is CC.CC(=O)C1CCN(C=O)CC1. The number of ketones is 1. The molecule has 0 spiro atoms. The Morgan fingerprint density at radius 1 is 1.31 bits per heavy atom. The van der Waals surface area contributed by atoms with Crippen LogP contribution in [0.4, 0.5) is 0 Å². The van der Waals surface area contributed by atoms with Crippen molar-refractivity contribution in [2.24, 2.45) is 5.92 Å². The van der Waals surface area contributed by atoms with Crippen molar-refractivity contribution in [3.63, 3.8) is 0 Å². The normalized spacial score (nSPS) is 17.3. The smallest absolute Gasteiger partial charge is 0.209 e. The Balaban J connectivity index is 0.000000671. The van der Waals surface area contributed by atoms with Crippen LogP contribution in [-0.2, 0) is 9.59 Å². The fourth-order valence-corrected chi connectivity index (χ4v) is 1.41. The van der Waals surface area contributed by atoms with E-state index in [4.69, 9.17) is 0 Å². The van der Waals surface area contributed by atoms with Crippen LogP contribution in [0.25, 0.3) is 0 Å². The Morgan fingerprint density at radius 2 is 1.77 bits per heavy atom. The highest BCUT2D eigenvalue weighted by atomic mass is 16.1. The van der Waals surface area contributed by atoms with Crippen LogP contribution in [0.2, 0.25) is 0 Å². The molecular weight excluding hydrogens is 166 g/mol. The van der Waals surface area contributed by atoms with E-state index in [2.05, 4.69) is 0 Å². The van der Waals surface area contributed by atoms with Crippen LogP contribution < -0.4 is 0 Å². The van der Waals surface area contributed by atoms with Gasteiger partial charge in [-0.3, -0.25) is 9.59 Å². The van der Waals surface area contributed by atoms with Crippen LogP contribution in [0.3, 0.4) is 0 Å². The summed E-state index contributed by atoms with van der Waals surface area (Å²) in [6.45, 7) is 7.11. The van der Waals surface area contributed by atoms with Crippen molar-refractivity contribution < 1.29 is 9.59 Å². The van der Waals surface area contributed by atoms with E-state index >= 15 is 0 Å². The number of hydrogen-bond donors (Lipinski definition) is 0. The standard InChI is InChI=1S/C8H13NO2.C2H6/c1-7(11)8-2-4-9(6-10)5-3-8;1-2/h6,8H,2-5H2,1H3;1-2H3. The van der Waals surface area contributed by atoms with Gasteiger partial charge in [0.05, 0.1) is 0 Å². The first-order valence-corrected chi connectivity index (χ1v) is 4.94. The molecule has 0 aromatic carbocycles. The zero-order valence-corrected chi connectivity index (χ0v) is 8.75. The van der Waals surface area contributed by atoms with Gasteiger partial charge in [-0.1, -0.05) is 13.8 Å². The van der Waals surface area contributed by atoms with E-state index in [1.807, 2.05) is 13.8 Å². The molecule has 0 aliphatic carbocycles. The second-order valence-electron chi connectivity index (χ2n) is 3.03. The van der Waals surface area contributed by atoms with Crippen molar-refractivity contribution in [3.8, 4) is 0 Å². The summed E-state index contributed by atoms with van der Waals surface area (Å²) in [5, 5.41) is 0. The molecular formula is C10H19NO2. The molecule has 3 heteroatoms. The highest BCUT2D eigenvalue weighted by molar-refractivity contribution is 5.78. The number of piperidine rings is 1. The lowest BCUT2D eigenvalue weighted by Crippen LogP contribution is -2.34. The molecule has 1 aliphatic rings. The average Bonchev–Trinajstić information content (AvgIpc) is 2.21. The van der Waals surface area contributed by atoms with Gasteiger partial charge in [-0.05, 0) is 19.8 Å². The number of amides is 1. The van der Waals surface area contributed by atoms with Gasteiger partial charge in [0.2, 0.25) is 6.41 Å². The van der Waals surface area contributed by atoms with Crippen molar-refractivity contribution in [2.45, 2.75) is 33.6 Å². The van der Waals surface area contributed by atoms with E-state index in [0.29, 0.717) is 0 Å². The predicted octanol–water partition coefficient (Wildman–Crippen LogP) is 1.47. The van der Waals surface area contributed by atoms with Crippen molar-refractivity contribution >= 4 is 12.2 Å². The minimum atomic E-state index is 0.200. The largest absolute Gasteiger partial charge is 0.345 e. The Bertz CT molecular complexity index is 160. The maximum absolute atomic E-state index is 10.9. The van der Waals surface area contributed by atoms with Crippen LogP contribution in [0.15, 0.2) is 0 Å². The van der Waals surface area contributed by atoms with Gasteiger partial charge in [0, 0.05) is 19.0 Å². The summed E-state index contributed by atoms with van der Waals surface area (Å²) in [6.07, 6.45) is 2.54. The monoisotopic (exact) mass is 185 g/mol. The van der Waals surface area contributed by atoms with Gasteiger partial charge in [-0.25, -0.2) is 0 Å². The Morgan fingerprint density at radius 3 is 2.08 bits per heavy atom. The van der Waals surface area contributed by atoms with Crippen molar-refractivity contribution in [3.05, 3.63) is 0 Å². The van der Waals surface area contributed by atoms with Gasteiger partial charge in [0.15, 0.2) is 0 Å². The number of hydrogen-bond acceptors (Lipinski definition) is 2. The highest BCUT2D eigenvalue weighted by Gasteiger charge is 2.20. The van der Waals surface area contributed by atoms with E-state index in [1.54, 1.807) is 11.8 Å². The summed E-state index contributed by atoms with van der Waals surface area (Å²) in [5.41, 5.74) is 0. The molecule has 0 atom stereocenters. The van der Waals surface area contributed by atoms with Crippen molar-refractivity contribution in [2.75, 3.05) is 13.1 Å². The lowest BCUT2D eigenvalue weighted by Gasteiger charge is -2.27. The van der Waals surface area contributed by atoms with E-state index < -0.39 is 0 Å². The summed E-state index contributed by atoms with van der Waals surface area (Å²) in [5.74, 6) is 0.460. The van der Waals surface area contributed by atoms with Crippen LogP contribution in [0, 0.1) is 5.92 Å². The minimum Gasteiger partial charge on any atom is -0.345 e. The van der Waals surface area contributed by atoms with Crippen LogP contribution in [-0.4, -0.2) is 30.2 Å². The lowest BCUT2D eigenvalue weighted by atomic mass is 9.94. The first-order chi connectivity index (χ1) is 6.24. The lowest BCUT2D eigenvalue weighted by molar-refractivity contribution is -0.125. The molecule has 76 valence electrons. The van der Waals surface area contributed by atoms with Gasteiger partial charge in [-0.15, -0.1) is 0 Å². The molecule has 0 bridgehead atoms. The van der Waals surface area contributed by atoms with Gasteiger partial charge in [0.1, 0.15) is 5.78 Å². The first-order valence-electron chi connectivity index (χ1n) is 4.94. The molecule has 0 radical (unpaired) electrons. The van der Waals surface area contributed by atoms with Crippen LogP contribution in [0.5, 0.6) is 0 Å². The summed E-state index contributed by atoms with van der Waals surface area (Å²) in [7, 11) is 0. The quantitative estimate of drug-likeness (QED) is 0.611.